The molecule has 1 aromatic carbocycles. The number of amides is 2. The van der Waals surface area contributed by atoms with Gasteiger partial charge in [-0.3, -0.25) is 9.59 Å². The van der Waals surface area contributed by atoms with Gasteiger partial charge in [-0.15, -0.1) is 0 Å². The van der Waals surface area contributed by atoms with Gasteiger partial charge in [0.15, 0.2) is 5.16 Å². The van der Waals surface area contributed by atoms with Crippen LogP contribution in [0.25, 0.3) is 11.3 Å². The molecular weight excluding hydrogens is 452 g/mol. The molecule has 0 radical (unpaired) electrons. The smallest absolute Gasteiger partial charge is 0.273 e. The lowest BCUT2D eigenvalue weighted by molar-refractivity contribution is -0.121. The van der Waals surface area contributed by atoms with Crippen molar-refractivity contribution >= 4 is 35.2 Å². The highest BCUT2D eigenvalue weighted by Gasteiger charge is 2.34. The number of fused-ring (bicyclic) bond motifs is 1. The summed E-state index contributed by atoms with van der Waals surface area (Å²) in [6.45, 7) is 2.81. The first kappa shape index (κ1) is 22.2. The third kappa shape index (κ3) is 4.58. The number of carbonyl (C=O) groups excluding carboxylic acids is 2. The zero-order chi connectivity index (χ0) is 22.7. The van der Waals surface area contributed by atoms with Gasteiger partial charge >= 0.3 is 0 Å². The third-order valence-corrected chi connectivity index (χ3v) is 5.73. The van der Waals surface area contributed by atoms with Gasteiger partial charge in [0.2, 0.25) is 5.91 Å². The van der Waals surface area contributed by atoms with E-state index in [4.69, 9.17) is 20.8 Å². The van der Waals surface area contributed by atoms with Gasteiger partial charge in [0.05, 0.1) is 23.5 Å². The van der Waals surface area contributed by atoms with Crippen molar-refractivity contribution < 1.29 is 18.7 Å². The standard InChI is InChI=1S/C22H21ClN4O4S/c1-3-24-18(28)11-27-10-16-19(25-22(32-2)26-20(16)21(27)29)15-7-6-13(9-17(15)23)31-12-14-5-4-8-30-14/h4-9H,3,10-12H2,1-2H3,(H,24,28). The Kier molecular flexibility index (Phi) is 6.66. The van der Waals surface area contributed by atoms with E-state index in [9.17, 15) is 9.59 Å². The van der Waals surface area contributed by atoms with E-state index in [1.807, 2.05) is 25.3 Å². The number of ether oxygens (including phenoxy) is 1. The number of furan rings is 1. The van der Waals surface area contributed by atoms with E-state index < -0.39 is 0 Å². The van der Waals surface area contributed by atoms with Crippen molar-refractivity contribution in [3.05, 3.63) is 58.6 Å². The summed E-state index contributed by atoms with van der Waals surface area (Å²) >= 11 is 7.92. The van der Waals surface area contributed by atoms with Crippen molar-refractivity contribution in [2.24, 2.45) is 0 Å². The zero-order valence-electron chi connectivity index (χ0n) is 17.6. The lowest BCUT2D eigenvalue weighted by atomic mass is 10.1. The average molecular weight is 473 g/mol. The Morgan fingerprint density at radius 2 is 2.12 bits per heavy atom. The number of halogens is 1. The first-order valence-corrected chi connectivity index (χ1v) is 11.6. The highest BCUT2D eigenvalue weighted by molar-refractivity contribution is 7.98. The maximum Gasteiger partial charge on any atom is 0.273 e. The van der Waals surface area contributed by atoms with E-state index in [0.717, 1.165) is 0 Å². The molecule has 0 bridgehead atoms. The molecule has 0 saturated carbocycles. The predicted molar refractivity (Wildman–Crippen MR) is 121 cm³/mol. The second-order valence-electron chi connectivity index (χ2n) is 7.01. The summed E-state index contributed by atoms with van der Waals surface area (Å²) in [7, 11) is 0. The summed E-state index contributed by atoms with van der Waals surface area (Å²) in [5, 5.41) is 3.61. The van der Waals surface area contributed by atoms with Crippen LogP contribution in [-0.4, -0.2) is 46.0 Å². The predicted octanol–water partition coefficient (Wildman–Crippen LogP) is 3.78. The van der Waals surface area contributed by atoms with Crippen LogP contribution in [0.2, 0.25) is 5.02 Å². The lowest BCUT2D eigenvalue weighted by Gasteiger charge is -2.14. The second-order valence-corrected chi connectivity index (χ2v) is 8.19. The minimum Gasteiger partial charge on any atom is -0.486 e. The highest BCUT2D eigenvalue weighted by atomic mass is 35.5. The van der Waals surface area contributed by atoms with Crippen LogP contribution in [0.3, 0.4) is 0 Å². The maximum absolute atomic E-state index is 12.9. The van der Waals surface area contributed by atoms with Crippen molar-refractivity contribution in [2.75, 3.05) is 19.3 Å². The first-order valence-electron chi connectivity index (χ1n) is 9.96. The number of carbonyl (C=O) groups is 2. The summed E-state index contributed by atoms with van der Waals surface area (Å²) in [6, 6.07) is 8.93. The van der Waals surface area contributed by atoms with Gasteiger partial charge in [-0.05, 0) is 43.5 Å². The summed E-state index contributed by atoms with van der Waals surface area (Å²) in [4.78, 5) is 35.4. The Hall–Kier alpha value is -3.04. The van der Waals surface area contributed by atoms with Crippen LogP contribution < -0.4 is 10.1 Å². The van der Waals surface area contributed by atoms with E-state index in [-0.39, 0.29) is 31.5 Å². The Labute approximate surface area is 194 Å². The molecule has 10 heteroatoms. The van der Waals surface area contributed by atoms with Crippen molar-refractivity contribution in [1.29, 1.82) is 0 Å². The molecule has 1 N–H and O–H groups in total. The molecule has 2 amide bonds. The van der Waals surface area contributed by atoms with Crippen LogP contribution in [0, 0.1) is 0 Å². The van der Waals surface area contributed by atoms with Gasteiger partial charge in [-0.25, -0.2) is 9.97 Å². The SMILES string of the molecule is CCNC(=O)CN1Cc2c(nc(SC)nc2-c2ccc(OCc3ccco3)cc2Cl)C1=O. The number of rotatable bonds is 8. The van der Waals surface area contributed by atoms with E-state index >= 15 is 0 Å². The Morgan fingerprint density at radius 1 is 1.31 bits per heavy atom. The molecule has 1 aliphatic heterocycles. The molecule has 0 atom stereocenters. The van der Waals surface area contributed by atoms with Gasteiger partial charge in [-0.1, -0.05) is 23.4 Å². The summed E-state index contributed by atoms with van der Waals surface area (Å²) in [5.41, 5.74) is 2.20. The number of thioether (sulfide) groups is 1. The molecule has 4 rings (SSSR count). The fourth-order valence-electron chi connectivity index (χ4n) is 3.40. The monoisotopic (exact) mass is 472 g/mol. The topological polar surface area (TPSA) is 97.6 Å². The molecule has 0 saturated heterocycles. The summed E-state index contributed by atoms with van der Waals surface area (Å²) < 4.78 is 11.0. The number of aromatic nitrogens is 2. The van der Waals surface area contributed by atoms with Gasteiger partial charge in [-0.2, -0.15) is 0 Å². The van der Waals surface area contributed by atoms with Gasteiger partial charge in [0.25, 0.3) is 5.91 Å². The summed E-state index contributed by atoms with van der Waals surface area (Å²) in [6.07, 6.45) is 3.43. The van der Waals surface area contributed by atoms with E-state index in [1.165, 1.54) is 16.7 Å². The third-order valence-electron chi connectivity index (χ3n) is 4.87. The van der Waals surface area contributed by atoms with Gasteiger partial charge in [0, 0.05) is 17.7 Å². The lowest BCUT2D eigenvalue weighted by Crippen LogP contribution is -2.37. The molecule has 1 aliphatic rings. The van der Waals surface area contributed by atoms with E-state index in [2.05, 4.69) is 15.3 Å². The van der Waals surface area contributed by atoms with Crippen LogP contribution in [0.5, 0.6) is 5.75 Å². The van der Waals surface area contributed by atoms with Crippen LogP contribution in [0.1, 0.15) is 28.7 Å². The second kappa shape index (κ2) is 9.62. The van der Waals surface area contributed by atoms with Crippen molar-refractivity contribution in [2.45, 2.75) is 25.2 Å². The minimum atomic E-state index is -0.292. The molecule has 3 aromatic rings. The molecule has 3 heterocycles. The Morgan fingerprint density at radius 3 is 2.81 bits per heavy atom. The number of benzene rings is 1. The summed E-state index contributed by atoms with van der Waals surface area (Å²) in [5.74, 6) is 0.776. The maximum atomic E-state index is 12.9. The van der Waals surface area contributed by atoms with E-state index in [0.29, 0.717) is 50.7 Å². The number of nitrogens with zero attached hydrogens (tertiary/aromatic N) is 3. The van der Waals surface area contributed by atoms with Gasteiger partial charge < -0.3 is 19.4 Å². The van der Waals surface area contributed by atoms with Crippen molar-refractivity contribution in [1.82, 2.24) is 20.2 Å². The molecule has 0 aliphatic carbocycles. The average Bonchev–Trinajstić information content (AvgIpc) is 3.41. The van der Waals surface area contributed by atoms with Crippen LogP contribution in [0.15, 0.2) is 46.2 Å². The largest absolute Gasteiger partial charge is 0.486 e. The number of likely N-dealkylation sites (N-methyl/N-ethyl adjacent to an activating group) is 1. The molecular formula is C22H21ClN4O4S. The number of hydrogen-bond donors (Lipinski definition) is 1. The normalized spacial score (nSPS) is 12.7. The van der Waals surface area contributed by atoms with Crippen molar-refractivity contribution in [3.8, 4) is 17.0 Å². The quantitative estimate of drug-likeness (QED) is 0.393. The highest BCUT2D eigenvalue weighted by Crippen LogP contribution is 2.37. The molecule has 166 valence electrons. The van der Waals surface area contributed by atoms with Gasteiger partial charge in [0.1, 0.15) is 30.4 Å². The Balaban J connectivity index is 1.63. The van der Waals surface area contributed by atoms with Crippen molar-refractivity contribution in [3.63, 3.8) is 0 Å². The molecule has 0 fully saturated rings. The Bertz CT molecular complexity index is 1150. The minimum absolute atomic E-state index is 0.0373. The number of hydrogen-bond acceptors (Lipinski definition) is 7. The fourth-order valence-corrected chi connectivity index (χ4v) is 4.02. The molecule has 32 heavy (non-hydrogen) atoms. The molecule has 2 aromatic heterocycles. The van der Waals surface area contributed by atoms with Crippen LogP contribution in [-0.2, 0) is 17.9 Å². The molecule has 0 unspecified atom stereocenters. The van der Waals surface area contributed by atoms with E-state index in [1.54, 1.807) is 24.5 Å². The van der Waals surface area contributed by atoms with Crippen LogP contribution >= 0.6 is 23.4 Å². The fraction of sp³-hybridized carbons (Fsp3) is 0.273. The zero-order valence-corrected chi connectivity index (χ0v) is 19.1. The first-order chi connectivity index (χ1) is 15.5. The molecule has 0 spiro atoms. The number of nitrogens with one attached hydrogen (secondary N) is 1. The van der Waals surface area contributed by atoms with Crippen LogP contribution in [0.4, 0.5) is 0 Å². The molecule has 8 nitrogen and oxygen atoms in total.